The molecule has 0 aliphatic carbocycles. The molecular weight excluding hydrogens is 317 g/mol. The van der Waals surface area contributed by atoms with Gasteiger partial charge < -0.3 is 0 Å². The van der Waals surface area contributed by atoms with E-state index in [1.165, 1.54) is 0 Å². The maximum Gasteiger partial charge on any atom is 0.445 e. The van der Waals surface area contributed by atoms with Gasteiger partial charge >= 0.3 is 6.18 Å². The summed E-state index contributed by atoms with van der Waals surface area (Å²) in [5.74, 6) is -0.471. The normalized spacial score (nSPS) is 13.2. The Morgan fingerprint density at radius 1 is 1.23 bits per heavy atom. The van der Waals surface area contributed by atoms with Crippen molar-refractivity contribution in [2.24, 2.45) is 0 Å². The van der Waals surface area contributed by atoms with Crippen LogP contribution in [0.3, 0.4) is 0 Å². The summed E-state index contributed by atoms with van der Waals surface area (Å²) in [4.78, 5) is 14.0. The van der Waals surface area contributed by atoms with Crippen LogP contribution in [0.15, 0.2) is 30.3 Å². The Labute approximate surface area is 128 Å². The molecule has 118 valence electrons. The highest BCUT2D eigenvalue weighted by molar-refractivity contribution is 7.15. The molecule has 0 spiro atoms. The summed E-state index contributed by atoms with van der Waals surface area (Å²) in [6.45, 7) is 0. The molecule has 0 unspecified atom stereocenters. The Balaban J connectivity index is 2.17. The molecule has 22 heavy (non-hydrogen) atoms. The van der Waals surface area contributed by atoms with Crippen LogP contribution in [-0.4, -0.2) is 35.1 Å². The van der Waals surface area contributed by atoms with Gasteiger partial charge in [0.2, 0.25) is 16.0 Å². The molecule has 0 fully saturated rings. The molecule has 0 bridgehead atoms. The average molecular weight is 330 g/mol. The third-order valence-corrected chi connectivity index (χ3v) is 3.66. The minimum absolute atomic E-state index is 0.180. The molecule has 2 aromatic rings. The summed E-state index contributed by atoms with van der Waals surface area (Å²) in [6, 6.07) is 8.28. The van der Waals surface area contributed by atoms with Gasteiger partial charge in [-0.3, -0.25) is 15.0 Å². The zero-order valence-corrected chi connectivity index (χ0v) is 12.6. The van der Waals surface area contributed by atoms with Crippen molar-refractivity contribution in [3.63, 3.8) is 0 Å². The van der Waals surface area contributed by atoms with Crippen molar-refractivity contribution in [1.82, 2.24) is 15.1 Å². The molecule has 0 aliphatic rings. The van der Waals surface area contributed by atoms with Crippen molar-refractivity contribution in [2.75, 3.05) is 19.4 Å². The topological polar surface area (TPSA) is 58.1 Å². The fourth-order valence-corrected chi connectivity index (χ4v) is 2.50. The highest BCUT2D eigenvalue weighted by Crippen LogP contribution is 2.33. The predicted molar refractivity (Wildman–Crippen MR) is 76.4 cm³/mol. The third kappa shape index (κ3) is 3.80. The van der Waals surface area contributed by atoms with Gasteiger partial charge in [0.1, 0.15) is 6.04 Å². The highest BCUT2D eigenvalue weighted by atomic mass is 32.1. The van der Waals surface area contributed by atoms with E-state index in [4.69, 9.17) is 0 Å². The first-order valence-corrected chi connectivity index (χ1v) is 7.03. The molecule has 9 heteroatoms. The lowest BCUT2D eigenvalue weighted by Gasteiger charge is -2.23. The van der Waals surface area contributed by atoms with E-state index in [9.17, 15) is 18.0 Å². The molecule has 2 rings (SSSR count). The zero-order chi connectivity index (χ0) is 16.3. The zero-order valence-electron chi connectivity index (χ0n) is 11.8. The van der Waals surface area contributed by atoms with Gasteiger partial charge in [0.05, 0.1) is 0 Å². The van der Waals surface area contributed by atoms with E-state index in [2.05, 4.69) is 15.5 Å². The number of anilines is 1. The van der Waals surface area contributed by atoms with E-state index >= 15 is 0 Å². The van der Waals surface area contributed by atoms with Crippen LogP contribution in [0.5, 0.6) is 0 Å². The number of carbonyl (C=O) groups is 1. The number of nitrogens with zero attached hydrogens (tertiary/aromatic N) is 3. The first-order valence-electron chi connectivity index (χ1n) is 6.22. The van der Waals surface area contributed by atoms with E-state index < -0.39 is 23.1 Å². The summed E-state index contributed by atoms with van der Waals surface area (Å²) in [6.07, 6.45) is -4.57. The minimum atomic E-state index is -4.57. The number of halogens is 3. The van der Waals surface area contributed by atoms with E-state index in [0.717, 1.165) is 5.56 Å². The monoisotopic (exact) mass is 330 g/mol. The highest BCUT2D eigenvalue weighted by Gasteiger charge is 2.36. The summed E-state index contributed by atoms with van der Waals surface area (Å²) in [5, 5.41) is 7.49. The lowest BCUT2D eigenvalue weighted by Crippen LogP contribution is -2.32. The van der Waals surface area contributed by atoms with Crippen LogP contribution >= 0.6 is 11.3 Å². The number of alkyl halides is 3. The molecule has 0 saturated carbocycles. The molecule has 0 radical (unpaired) electrons. The second-order valence-electron chi connectivity index (χ2n) is 4.68. The second-order valence-corrected chi connectivity index (χ2v) is 5.65. The average Bonchev–Trinajstić information content (AvgIpc) is 2.88. The van der Waals surface area contributed by atoms with Gasteiger partial charge in [-0.05, 0) is 19.7 Å². The standard InChI is InChI=1S/C13H13F3N4OS/c1-20(2)9(8-6-4-3-5-7-8)10(21)17-12-19-18-11(22-12)13(14,15)16/h3-7,9H,1-2H3,(H,17,19,21)/t9-/m1/s1. The molecular formula is C13H13F3N4OS. The number of nitrogens with one attached hydrogen (secondary N) is 1. The maximum atomic E-state index is 12.5. The van der Waals surface area contributed by atoms with Gasteiger partial charge in [-0.2, -0.15) is 13.2 Å². The van der Waals surface area contributed by atoms with Crippen LogP contribution < -0.4 is 5.32 Å². The largest absolute Gasteiger partial charge is 0.445 e. The first kappa shape index (κ1) is 16.4. The maximum absolute atomic E-state index is 12.5. The van der Waals surface area contributed by atoms with E-state index in [1.807, 2.05) is 6.07 Å². The van der Waals surface area contributed by atoms with Crippen LogP contribution in [0.25, 0.3) is 0 Å². The lowest BCUT2D eigenvalue weighted by atomic mass is 10.1. The Morgan fingerprint density at radius 2 is 1.86 bits per heavy atom. The van der Waals surface area contributed by atoms with Crippen molar-refractivity contribution in [3.8, 4) is 0 Å². The second kappa shape index (κ2) is 6.41. The molecule has 1 heterocycles. The fourth-order valence-electron chi connectivity index (χ4n) is 1.88. The van der Waals surface area contributed by atoms with Crippen molar-refractivity contribution < 1.29 is 18.0 Å². The predicted octanol–water partition coefficient (Wildman–Crippen LogP) is 2.80. The van der Waals surface area contributed by atoms with Gasteiger partial charge in [0.15, 0.2) is 0 Å². The van der Waals surface area contributed by atoms with Crippen LogP contribution in [0.2, 0.25) is 0 Å². The Kier molecular flexibility index (Phi) is 4.77. The summed E-state index contributed by atoms with van der Waals surface area (Å²) in [5.41, 5.74) is 0.727. The first-order chi connectivity index (χ1) is 10.3. The van der Waals surface area contributed by atoms with E-state index in [-0.39, 0.29) is 5.13 Å². The van der Waals surface area contributed by atoms with E-state index in [0.29, 0.717) is 11.3 Å². The molecule has 1 aromatic carbocycles. The number of aromatic nitrogens is 2. The number of hydrogen-bond donors (Lipinski definition) is 1. The number of carbonyl (C=O) groups excluding carboxylic acids is 1. The Bertz CT molecular complexity index is 642. The molecule has 0 saturated heterocycles. The van der Waals surface area contributed by atoms with Gasteiger partial charge in [-0.1, -0.05) is 41.7 Å². The van der Waals surface area contributed by atoms with Crippen molar-refractivity contribution in [3.05, 3.63) is 40.9 Å². The Morgan fingerprint density at radius 3 is 2.36 bits per heavy atom. The van der Waals surface area contributed by atoms with Crippen LogP contribution in [-0.2, 0) is 11.0 Å². The van der Waals surface area contributed by atoms with Crippen LogP contribution in [0.1, 0.15) is 16.6 Å². The van der Waals surface area contributed by atoms with Gasteiger partial charge in [0, 0.05) is 0 Å². The van der Waals surface area contributed by atoms with Gasteiger partial charge in [-0.25, -0.2) is 0 Å². The number of rotatable bonds is 4. The summed E-state index contributed by atoms with van der Waals surface area (Å²) in [7, 11) is 3.41. The van der Waals surface area contributed by atoms with Gasteiger partial charge in [-0.15, -0.1) is 10.2 Å². The molecule has 1 N–H and O–H groups in total. The number of benzene rings is 1. The smallest absolute Gasteiger partial charge is 0.299 e. The third-order valence-electron chi connectivity index (χ3n) is 2.78. The summed E-state index contributed by atoms with van der Waals surface area (Å²) < 4.78 is 37.4. The number of amides is 1. The molecule has 5 nitrogen and oxygen atoms in total. The van der Waals surface area contributed by atoms with Crippen LogP contribution in [0, 0.1) is 0 Å². The lowest BCUT2D eigenvalue weighted by molar-refractivity contribution is -0.138. The van der Waals surface area contributed by atoms with Crippen molar-refractivity contribution in [1.29, 1.82) is 0 Å². The Hall–Kier alpha value is -2.00. The number of likely N-dealkylation sites (N-methyl/N-ethyl adjacent to an activating group) is 1. The molecule has 1 atom stereocenters. The SMILES string of the molecule is CN(C)[C@@H](C(=O)Nc1nnc(C(F)(F)F)s1)c1ccccc1. The number of hydrogen-bond acceptors (Lipinski definition) is 5. The quantitative estimate of drug-likeness (QED) is 0.936. The minimum Gasteiger partial charge on any atom is -0.299 e. The molecule has 1 amide bonds. The molecule has 0 aliphatic heterocycles. The van der Waals surface area contributed by atoms with Crippen molar-refractivity contribution >= 4 is 22.4 Å². The fraction of sp³-hybridized carbons (Fsp3) is 0.308. The van der Waals surface area contributed by atoms with Crippen LogP contribution in [0.4, 0.5) is 18.3 Å². The van der Waals surface area contributed by atoms with Crippen molar-refractivity contribution in [2.45, 2.75) is 12.2 Å². The summed E-state index contributed by atoms with van der Waals surface area (Å²) >= 11 is 0.295. The van der Waals surface area contributed by atoms with Gasteiger partial charge in [0.25, 0.3) is 0 Å². The molecule has 1 aromatic heterocycles. The van der Waals surface area contributed by atoms with E-state index in [1.54, 1.807) is 43.3 Å².